The summed E-state index contributed by atoms with van der Waals surface area (Å²) in [6.07, 6.45) is 0.0948. The van der Waals surface area contributed by atoms with Crippen LogP contribution in [0.25, 0.3) is 0 Å². The molecule has 13 heavy (non-hydrogen) atoms. The van der Waals surface area contributed by atoms with E-state index in [0.29, 0.717) is 13.1 Å². The zero-order chi connectivity index (χ0) is 9.68. The van der Waals surface area contributed by atoms with E-state index in [-0.39, 0.29) is 6.42 Å². The lowest BCUT2D eigenvalue weighted by Crippen LogP contribution is -2.07. The summed E-state index contributed by atoms with van der Waals surface area (Å²) < 4.78 is 0. The first-order valence-corrected chi connectivity index (χ1v) is 4.70. The highest BCUT2D eigenvalue weighted by atomic mass is 32.1. The Kier molecular flexibility index (Phi) is 3.66. The number of thiazole rings is 1. The molecule has 1 rings (SSSR count). The predicted octanol–water partition coefficient (Wildman–Crippen LogP) is 0.488. The van der Waals surface area contributed by atoms with E-state index < -0.39 is 5.97 Å². The average molecular weight is 201 g/mol. The molecule has 0 saturated heterocycles. The molecule has 5 nitrogen and oxygen atoms in total. The molecule has 6 heteroatoms. The molecule has 0 aliphatic rings. The summed E-state index contributed by atoms with van der Waals surface area (Å²) in [7, 11) is 0. The Labute approximate surface area is 79.6 Å². The lowest BCUT2D eigenvalue weighted by Gasteiger charge is -1.97. The number of nitrogens with two attached hydrogens (primary N) is 1. The third kappa shape index (κ3) is 3.39. The molecule has 0 spiro atoms. The van der Waals surface area contributed by atoms with Crippen LogP contribution in [0, 0.1) is 0 Å². The second-order valence-corrected chi connectivity index (χ2v) is 3.28. The fourth-order valence-corrected chi connectivity index (χ4v) is 1.51. The number of anilines is 1. The molecule has 1 heterocycles. The highest BCUT2D eigenvalue weighted by Crippen LogP contribution is 2.14. The molecule has 0 fully saturated rings. The highest BCUT2D eigenvalue weighted by molar-refractivity contribution is 7.13. The van der Waals surface area contributed by atoms with Crippen molar-refractivity contribution in [2.45, 2.75) is 13.0 Å². The van der Waals surface area contributed by atoms with Crippen molar-refractivity contribution < 1.29 is 9.90 Å². The number of nitrogens with one attached hydrogen (secondary N) is 1. The number of carbonyl (C=O) groups is 1. The summed E-state index contributed by atoms with van der Waals surface area (Å²) in [5.74, 6) is -0.817. The lowest BCUT2D eigenvalue weighted by atomic mass is 10.4. The van der Waals surface area contributed by atoms with Crippen LogP contribution in [0.4, 0.5) is 5.13 Å². The maximum absolute atomic E-state index is 10.2. The largest absolute Gasteiger partial charge is 0.481 e. The molecule has 0 radical (unpaired) electrons. The minimum atomic E-state index is -0.817. The molecular weight excluding hydrogens is 190 g/mol. The van der Waals surface area contributed by atoms with Crippen LogP contribution in [-0.2, 0) is 11.3 Å². The van der Waals surface area contributed by atoms with Crippen molar-refractivity contribution in [1.29, 1.82) is 0 Å². The number of aromatic nitrogens is 1. The summed E-state index contributed by atoms with van der Waals surface area (Å²) >= 11 is 1.43. The molecule has 0 aliphatic heterocycles. The van der Waals surface area contributed by atoms with Crippen LogP contribution >= 0.6 is 11.3 Å². The third-order valence-electron chi connectivity index (χ3n) is 1.38. The number of nitrogens with zero attached hydrogens (tertiary/aromatic N) is 1. The van der Waals surface area contributed by atoms with Crippen LogP contribution in [0.3, 0.4) is 0 Å². The van der Waals surface area contributed by atoms with E-state index in [1.165, 1.54) is 11.3 Å². The summed E-state index contributed by atoms with van der Waals surface area (Å²) in [5, 5.41) is 13.8. The van der Waals surface area contributed by atoms with E-state index in [0.717, 1.165) is 10.8 Å². The molecule has 0 aliphatic carbocycles. The zero-order valence-corrected chi connectivity index (χ0v) is 7.80. The second-order valence-electron chi connectivity index (χ2n) is 2.42. The minimum Gasteiger partial charge on any atom is -0.481 e. The Bertz CT molecular complexity index is 287. The normalized spacial score (nSPS) is 9.92. The summed E-state index contributed by atoms with van der Waals surface area (Å²) in [4.78, 5) is 14.3. The van der Waals surface area contributed by atoms with Gasteiger partial charge < -0.3 is 16.2 Å². The van der Waals surface area contributed by atoms with Crippen LogP contribution in [0.5, 0.6) is 0 Å². The van der Waals surface area contributed by atoms with Gasteiger partial charge in [-0.05, 0) is 0 Å². The molecular formula is C7H11N3O2S. The molecule has 1 aromatic heterocycles. The van der Waals surface area contributed by atoms with Crippen LogP contribution in [0.15, 0.2) is 5.38 Å². The van der Waals surface area contributed by atoms with Crippen molar-refractivity contribution in [3.8, 4) is 0 Å². The fraction of sp³-hybridized carbons (Fsp3) is 0.429. The molecule has 4 N–H and O–H groups in total. The van der Waals surface area contributed by atoms with Gasteiger partial charge in [0.2, 0.25) is 0 Å². The molecule has 0 aromatic carbocycles. The quantitative estimate of drug-likeness (QED) is 0.645. The number of carboxylic acid groups (broad SMARTS) is 1. The van der Waals surface area contributed by atoms with Crippen molar-refractivity contribution in [3.05, 3.63) is 11.1 Å². The van der Waals surface area contributed by atoms with Gasteiger partial charge in [0, 0.05) is 18.5 Å². The van der Waals surface area contributed by atoms with Gasteiger partial charge in [0.1, 0.15) is 0 Å². The van der Waals surface area contributed by atoms with E-state index in [1.807, 2.05) is 5.38 Å². The zero-order valence-electron chi connectivity index (χ0n) is 6.99. The SMILES string of the molecule is NCc1csc(NCCC(=O)O)n1. The topological polar surface area (TPSA) is 88.2 Å². The van der Waals surface area contributed by atoms with E-state index in [9.17, 15) is 4.79 Å². The molecule has 0 amide bonds. The Morgan fingerprint density at radius 1 is 1.77 bits per heavy atom. The number of aliphatic carboxylic acids is 1. The number of hydrogen-bond acceptors (Lipinski definition) is 5. The Hall–Kier alpha value is -1.14. The first-order chi connectivity index (χ1) is 6.22. The molecule has 0 bridgehead atoms. The summed E-state index contributed by atoms with van der Waals surface area (Å²) in [6.45, 7) is 0.809. The fourth-order valence-electron chi connectivity index (χ4n) is 0.758. The lowest BCUT2D eigenvalue weighted by molar-refractivity contribution is -0.136. The Morgan fingerprint density at radius 3 is 3.08 bits per heavy atom. The van der Waals surface area contributed by atoms with Crippen molar-refractivity contribution in [1.82, 2.24) is 4.98 Å². The smallest absolute Gasteiger partial charge is 0.305 e. The van der Waals surface area contributed by atoms with E-state index >= 15 is 0 Å². The van der Waals surface area contributed by atoms with Crippen molar-refractivity contribution in [2.75, 3.05) is 11.9 Å². The molecule has 1 aromatic rings. The van der Waals surface area contributed by atoms with Gasteiger partial charge in [0.25, 0.3) is 0 Å². The van der Waals surface area contributed by atoms with Gasteiger partial charge in [0.15, 0.2) is 5.13 Å². The summed E-state index contributed by atoms with van der Waals surface area (Å²) in [5.41, 5.74) is 6.18. The Balaban J connectivity index is 2.32. The second kappa shape index (κ2) is 4.78. The van der Waals surface area contributed by atoms with E-state index in [1.54, 1.807) is 0 Å². The van der Waals surface area contributed by atoms with Gasteiger partial charge in [-0.3, -0.25) is 4.79 Å². The van der Waals surface area contributed by atoms with Gasteiger partial charge in [-0.15, -0.1) is 11.3 Å². The number of carboxylic acids is 1. The van der Waals surface area contributed by atoms with Gasteiger partial charge in [-0.1, -0.05) is 0 Å². The van der Waals surface area contributed by atoms with Crippen LogP contribution in [0.2, 0.25) is 0 Å². The monoisotopic (exact) mass is 201 g/mol. The van der Waals surface area contributed by atoms with Crippen LogP contribution < -0.4 is 11.1 Å². The number of hydrogen-bond donors (Lipinski definition) is 3. The molecule has 0 atom stereocenters. The molecule has 72 valence electrons. The van der Waals surface area contributed by atoms with Crippen LogP contribution in [-0.4, -0.2) is 22.6 Å². The summed E-state index contributed by atoms with van der Waals surface area (Å²) in [6, 6.07) is 0. The van der Waals surface area contributed by atoms with Crippen molar-refractivity contribution in [2.24, 2.45) is 5.73 Å². The predicted molar refractivity (Wildman–Crippen MR) is 50.7 cm³/mol. The third-order valence-corrected chi connectivity index (χ3v) is 2.22. The van der Waals surface area contributed by atoms with Gasteiger partial charge in [-0.25, -0.2) is 4.98 Å². The standard InChI is InChI=1S/C7H11N3O2S/c8-3-5-4-13-7(10-5)9-2-1-6(11)12/h4H,1-3,8H2,(H,9,10)(H,11,12). The van der Waals surface area contributed by atoms with Gasteiger partial charge in [-0.2, -0.15) is 0 Å². The first-order valence-electron chi connectivity index (χ1n) is 3.82. The first kappa shape index (κ1) is 9.94. The minimum absolute atomic E-state index is 0.0948. The molecule has 0 unspecified atom stereocenters. The van der Waals surface area contributed by atoms with Gasteiger partial charge >= 0.3 is 5.97 Å². The maximum Gasteiger partial charge on any atom is 0.305 e. The maximum atomic E-state index is 10.2. The number of rotatable bonds is 5. The Morgan fingerprint density at radius 2 is 2.54 bits per heavy atom. The average Bonchev–Trinajstić information content (AvgIpc) is 2.52. The molecule has 0 saturated carbocycles. The van der Waals surface area contributed by atoms with E-state index in [2.05, 4.69) is 10.3 Å². The van der Waals surface area contributed by atoms with Crippen LogP contribution in [0.1, 0.15) is 12.1 Å². The van der Waals surface area contributed by atoms with Gasteiger partial charge in [0.05, 0.1) is 12.1 Å². The van der Waals surface area contributed by atoms with E-state index in [4.69, 9.17) is 10.8 Å². The highest BCUT2D eigenvalue weighted by Gasteiger charge is 2.00. The van der Waals surface area contributed by atoms with Crippen molar-refractivity contribution in [3.63, 3.8) is 0 Å². The van der Waals surface area contributed by atoms with Crippen molar-refractivity contribution >= 4 is 22.4 Å².